The van der Waals surface area contributed by atoms with Crippen LogP contribution < -0.4 is 5.32 Å². The lowest BCUT2D eigenvalue weighted by molar-refractivity contribution is 0.215. The monoisotopic (exact) mass is 243 g/mol. The van der Waals surface area contributed by atoms with Crippen LogP contribution in [0.1, 0.15) is 59.8 Å². The molecule has 1 fully saturated rings. The summed E-state index contributed by atoms with van der Waals surface area (Å²) in [6.07, 6.45) is 6.84. The van der Waals surface area contributed by atoms with Crippen molar-refractivity contribution in [1.29, 1.82) is 0 Å². The summed E-state index contributed by atoms with van der Waals surface area (Å²) in [5.41, 5.74) is 0.565. The molecule has 1 N–H and O–H groups in total. The SMILES string of the molecule is CCCCSC1CC(C)(C)CCC1NCC. The van der Waals surface area contributed by atoms with E-state index in [9.17, 15) is 0 Å². The van der Waals surface area contributed by atoms with Crippen molar-refractivity contribution in [3.05, 3.63) is 0 Å². The first-order valence-electron chi connectivity index (χ1n) is 6.94. The summed E-state index contributed by atoms with van der Waals surface area (Å²) in [5.74, 6) is 1.35. The molecule has 0 bridgehead atoms. The van der Waals surface area contributed by atoms with Crippen LogP contribution >= 0.6 is 11.8 Å². The van der Waals surface area contributed by atoms with Gasteiger partial charge in [0.1, 0.15) is 0 Å². The fourth-order valence-electron chi connectivity index (χ4n) is 2.57. The minimum absolute atomic E-state index is 0.565. The second-order valence-corrected chi connectivity index (χ2v) is 7.18. The van der Waals surface area contributed by atoms with Crippen LogP contribution in [0.25, 0.3) is 0 Å². The number of hydrogen-bond donors (Lipinski definition) is 1. The molecule has 1 aliphatic rings. The van der Waals surface area contributed by atoms with Gasteiger partial charge in [0.05, 0.1) is 0 Å². The van der Waals surface area contributed by atoms with E-state index in [0.717, 1.165) is 17.8 Å². The molecule has 0 spiro atoms. The first kappa shape index (κ1) is 14.4. The normalized spacial score (nSPS) is 29.2. The summed E-state index contributed by atoms with van der Waals surface area (Å²) in [5, 5.41) is 4.52. The molecule has 2 unspecified atom stereocenters. The first-order valence-corrected chi connectivity index (χ1v) is 7.99. The predicted molar refractivity (Wildman–Crippen MR) is 76.3 cm³/mol. The lowest BCUT2D eigenvalue weighted by Gasteiger charge is -2.41. The molecular formula is C14H29NS. The Morgan fingerprint density at radius 1 is 1.31 bits per heavy atom. The van der Waals surface area contributed by atoms with Gasteiger partial charge in [0.15, 0.2) is 0 Å². The van der Waals surface area contributed by atoms with E-state index < -0.39 is 0 Å². The second-order valence-electron chi connectivity index (χ2n) is 5.83. The predicted octanol–water partition coefficient (Wildman–Crippen LogP) is 4.08. The lowest BCUT2D eigenvalue weighted by atomic mass is 9.75. The molecule has 96 valence electrons. The van der Waals surface area contributed by atoms with Crippen LogP contribution in [0.15, 0.2) is 0 Å². The molecule has 0 aromatic heterocycles. The molecule has 0 heterocycles. The van der Waals surface area contributed by atoms with E-state index in [0.29, 0.717) is 5.41 Å². The van der Waals surface area contributed by atoms with Gasteiger partial charge in [0, 0.05) is 11.3 Å². The number of thioether (sulfide) groups is 1. The standard InChI is InChI=1S/C14H29NS/c1-5-7-10-16-13-11-14(3,4)9-8-12(13)15-6-2/h12-13,15H,5-11H2,1-4H3. The van der Waals surface area contributed by atoms with Crippen molar-refractivity contribution < 1.29 is 0 Å². The van der Waals surface area contributed by atoms with Crippen LogP contribution in [0.2, 0.25) is 0 Å². The summed E-state index contributed by atoms with van der Waals surface area (Å²) in [6.45, 7) is 10.5. The molecule has 2 atom stereocenters. The van der Waals surface area contributed by atoms with Crippen LogP contribution in [-0.4, -0.2) is 23.6 Å². The zero-order valence-corrected chi connectivity index (χ0v) is 12.3. The van der Waals surface area contributed by atoms with Crippen molar-refractivity contribution in [3.63, 3.8) is 0 Å². The van der Waals surface area contributed by atoms with E-state index in [1.165, 1.54) is 37.9 Å². The first-order chi connectivity index (χ1) is 7.59. The van der Waals surface area contributed by atoms with Crippen LogP contribution in [-0.2, 0) is 0 Å². The molecule has 0 aliphatic heterocycles. The molecule has 0 aromatic rings. The summed E-state index contributed by atoms with van der Waals surface area (Å²) >= 11 is 2.21. The van der Waals surface area contributed by atoms with Crippen LogP contribution in [0.4, 0.5) is 0 Å². The van der Waals surface area contributed by atoms with Crippen molar-refractivity contribution >= 4 is 11.8 Å². The van der Waals surface area contributed by atoms with E-state index in [2.05, 4.69) is 44.8 Å². The van der Waals surface area contributed by atoms with E-state index in [1.54, 1.807) is 0 Å². The van der Waals surface area contributed by atoms with Gasteiger partial charge in [-0.25, -0.2) is 0 Å². The quantitative estimate of drug-likeness (QED) is 0.706. The highest BCUT2D eigenvalue weighted by atomic mass is 32.2. The van der Waals surface area contributed by atoms with E-state index >= 15 is 0 Å². The molecule has 16 heavy (non-hydrogen) atoms. The lowest BCUT2D eigenvalue weighted by Crippen LogP contribution is -2.44. The largest absolute Gasteiger partial charge is 0.313 e. The van der Waals surface area contributed by atoms with E-state index in [4.69, 9.17) is 0 Å². The maximum absolute atomic E-state index is 3.68. The zero-order valence-electron chi connectivity index (χ0n) is 11.5. The van der Waals surface area contributed by atoms with Gasteiger partial charge in [0.2, 0.25) is 0 Å². The van der Waals surface area contributed by atoms with Crippen molar-refractivity contribution in [2.24, 2.45) is 5.41 Å². The summed E-state index contributed by atoms with van der Waals surface area (Å²) in [7, 11) is 0. The number of rotatable bonds is 6. The number of unbranched alkanes of at least 4 members (excludes halogenated alkanes) is 1. The topological polar surface area (TPSA) is 12.0 Å². The van der Waals surface area contributed by atoms with Gasteiger partial charge >= 0.3 is 0 Å². The Kier molecular flexibility index (Phi) is 6.20. The summed E-state index contributed by atoms with van der Waals surface area (Å²) in [6, 6.07) is 0.764. The third-order valence-electron chi connectivity index (χ3n) is 3.63. The highest BCUT2D eigenvalue weighted by Crippen LogP contribution is 2.40. The van der Waals surface area contributed by atoms with Crippen molar-refractivity contribution in [3.8, 4) is 0 Å². The highest BCUT2D eigenvalue weighted by Gasteiger charge is 2.34. The molecule has 0 amide bonds. The van der Waals surface area contributed by atoms with Gasteiger partial charge in [-0.05, 0) is 43.4 Å². The van der Waals surface area contributed by atoms with Gasteiger partial charge in [-0.1, -0.05) is 34.1 Å². The molecule has 1 nitrogen and oxygen atoms in total. The van der Waals surface area contributed by atoms with E-state index in [1.807, 2.05) is 0 Å². The second kappa shape index (κ2) is 6.90. The molecule has 1 saturated carbocycles. The molecule has 2 heteroatoms. The number of hydrogen-bond acceptors (Lipinski definition) is 2. The molecule has 0 radical (unpaired) electrons. The fraction of sp³-hybridized carbons (Fsp3) is 1.00. The van der Waals surface area contributed by atoms with Crippen molar-refractivity contribution in [2.45, 2.75) is 71.1 Å². The molecule has 1 rings (SSSR count). The van der Waals surface area contributed by atoms with Gasteiger partial charge in [0.25, 0.3) is 0 Å². The van der Waals surface area contributed by atoms with Crippen LogP contribution in [0.3, 0.4) is 0 Å². The average Bonchev–Trinajstić information content (AvgIpc) is 2.22. The Balaban J connectivity index is 2.43. The van der Waals surface area contributed by atoms with Gasteiger partial charge in [-0.15, -0.1) is 0 Å². The van der Waals surface area contributed by atoms with Gasteiger partial charge in [-0.3, -0.25) is 0 Å². The summed E-state index contributed by atoms with van der Waals surface area (Å²) < 4.78 is 0. The Hall–Kier alpha value is 0.310. The molecule has 1 aliphatic carbocycles. The number of nitrogens with one attached hydrogen (secondary N) is 1. The Morgan fingerprint density at radius 3 is 2.69 bits per heavy atom. The zero-order chi connectivity index (χ0) is 12.0. The maximum Gasteiger partial charge on any atom is 0.0206 e. The third kappa shape index (κ3) is 4.67. The molecule has 0 saturated heterocycles. The van der Waals surface area contributed by atoms with Gasteiger partial charge in [-0.2, -0.15) is 11.8 Å². The minimum atomic E-state index is 0.565. The van der Waals surface area contributed by atoms with Crippen molar-refractivity contribution in [1.82, 2.24) is 5.32 Å². The highest BCUT2D eigenvalue weighted by molar-refractivity contribution is 7.99. The average molecular weight is 243 g/mol. The fourth-order valence-corrected chi connectivity index (χ4v) is 4.36. The maximum atomic E-state index is 3.68. The minimum Gasteiger partial charge on any atom is -0.313 e. The smallest absolute Gasteiger partial charge is 0.0206 e. The molecular weight excluding hydrogens is 214 g/mol. The van der Waals surface area contributed by atoms with Gasteiger partial charge < -0.3 is 5.32 Å². The van der Waals surface area contributed by atoms with E-state index in [-0.39, 0.29) is 0 Å². The Labute approximate surface area is 106 Å². The van der Waals surface area contributed by atoms with Crippen LogP contribution in [0.5, 0.6) is 0 Å². The third-order valence-corrected chi connectivity index (χ3v) is 5.08. The van der Waals surface area contributed by atoms with Crippen LogP contribution in [0, 0.1) is 5.41 Å². The summed E-state index contributed by atoms with van der Waals surface area (Å²) in [4.78, 5) is 0. The Bertz CT molecular complexity index is 191. The van der Waals surface area contributed by atoms with Crippen molar-refractivity contribution in [2.75, 3.05) is 12.3 Å². The Morgan fingerprint density at radius 2 is 2.06 bits per heavy atom. The molecule has 0 aromatic carbocycles.